The van der Waals surface area contributed by atoms with Gasteiger partial charge in [-0.1, -0.05) is 18.2 Å². The van der Waals surface area contributed by atoms with E-state index < -0.39 is 0 Å². The van der Waals surface area contributed by atoms with Gasteiger partial charge in [-0.2, -0.15) is 0 Å². The van der Waals surface area contributed by atoms with Crippen molar-refractivity contribution in [1.29, 1.82) is 0 Å². The van der Waals surface area contributed by atoms with Gasteiger partial charge in [0.1, 0.15) is 5.82 Å². The zero-order valence-corrected chi connectivity index (χ0v) is 12.3. The van der Waals surface area contributed by atoms with Crippen molar-refractivity contribution in [3.8, 4) is 0 Å². The average Bonchev–Trinajstić information content (AvgIpc) is 3.00. The van der Waals surface area contributed by atoms with Crippen LogP contribution in [0.1, 0.15) is 18.4 Å². The molecule has 0 aliphatic heterocycles. The number of benzene rings is 1. The van der Waals surface area contributed by atoms with E-state index in [4.69, 9.17) is 0 Å². The molecule has 108 valence electrons. The number of aryl methyl sites for hydroxylation is 2. The zero-order chi connectivity index (χ0) is 14.5. The van der Waals surface area contributed by atoms with Gasteiger partial charge >= 0.3 is 0 Å². The summed E-state index contributed by atoms with van der Waals surface area (Å²) in [7, 11) is 0. The summed E-state index contributed by atoms with van der Waals surface area (Å²) in [6.07, 6.45) is 7.94. The van der Waals surface area contributed by atoms with Crippen LogP contribution in [0.3, 0.4) is 0 Å². The fourth-order valence-corrected chi connectivity index (χ4v) is 2.49. The lowest BCUT2D eigenvalue weighted by molar-refractivity contribution is 0.621. The Morgan fingerprint density at radius 1 is 1.19 bits per heavy atom. The Kier molecular flexibility index (Phi) is 4.15. The monoisotopic (exact) mass is 280 g/mol. The summed E-state index contributed by atoms with van der Waals surface area (Å²) in [6.45, 7) is 4.10. The largest absolute Gasteiger partial charge is 0.370 e. The van der Waals surface area contributed by atoms with Crippen molar-refractivity contribution in [2.45, 2.75) is 26.3 Å². The fraction of sp³-hybridized carbons (Fsp3) is 0.294. The van der Waals surface area contributed by atoms with Gasteiger partial charge < -0.3 is 9.88 Å². The van der Waals surface area contributed by atoms with Crippen LogP contribution < -0.4 is 5.32 Å². The standard InChI is InChI=1S/C17H20N4/c1-14-12-17(20-16-7-3-2-6-15(14)16)19-8-4-5-10-21-11-9-18-13-21/h2-3,6-7,9,11-13H,4-5,8,10H2,1H3,(H,19,20). The fourth-order valence-electron chi connectivity index (χ4n) is 2.49. The maximum atomic E-state index is 4.66. The van der Waals surface area contributed by atoms with E-state index in [2.05, 4.69) is 51.0 Å². The van der Waals surface area contributed by atoms with Crippen molar-refractivity contribution < 1.29 is 0 Å². The van der Waals surface area contributed by atoms with E-state index >= 15 is 0 Å². The third-order valence-electron chi connectivity index (χ3n) is 3.63. The number of nitrogens with zero attached hydrogens (tertiary/aromatic N) is 3. The highest BCUT2D eigenvalue weighted by Gasteiger charge is 2.01. The van der Waals surface area contributed by atoms with Gasteiger partial charge in [-0.25, -0.2) is 9.97 Å². The van der Waals surface area contributed by atoms with Crippen LogP contribution in [-0.2, 0) is 6.54 Å². The molecule has 1 N–H and O–H groups in total. The number of hydrogen-bond donors (Lipinski definition) is 1. The lowest BCUT2D eigenvalue weighted by atomic mass is 10.1. The molecule has 0 radical (unpaired) electrons. The smallest absolute Gasteiger partial charge is 0.126 e. The molecule has 0 fully saturated rings. The first kappa shape index (κ1) is 13.6. The number of aromatic nitrogens is 3. The molecule has 0 atom stereocenters. The Morgan fingerprint density at radius 2 is 2.10 bits per heavy atom. The summed E-state index contributed by atoms with van der Waals surface area (Å²) in [5, 5.41) is 4.65. The number of unbranched alkanes of at least 4 members (excludes halogenated alkanes) is 1. The van der Waals surface area contributed by atoms with E-state index in [9.17, 15) is 0 Å². The second kappa shape index (κ2) is 6.39. The molecule has 1 aromatic carbocycles. The van der Waals surface area contributed by atoms with Crippen molar-refractivity contribution in [3.05, 3.63) is 54.6 Å². The van der Waals surface area contributed by atoms with Gasteiger partial charge in [-0.15, -0.1) is 0 Å². The maximum absolute atomic E-state index is 4.66. The Hall–Kier alpha value is -2.36. The first-order valence-corrected chi connectivity index (χ1v) is 7.39. The molecule has 3 rings (SSSR count). The van der Waals surface area contributed by atoms with Crippen LogP contribution >= 0.6 is 0 Å². The lowest BCUT2D eigenvalue weighted by Gasteiger charge is -2.09. The Bertz CT molecular complexity index is 704. The van der Waals surface area contributed by atoms with Gasteiger partial charge in [0.15, 0.2) is 0 Å². The molecule has 0 unspecified atom stereocenters. The third kappa shape index (κ3) is 3.40. The van der Waals surface area contributed by atoms with Crippen molar-refractivity contribution in [2.24, 2.45) is 0 Å². The second-order valence-corrected chi connectivity index (χ2v) is 5.28. The van der Waals surface area contributed by atoms with Crippen molar-refractivity contribution in [2.75, 3.05) is 11.9 Å². The van der Waals surface area contributed by atoms with Crippen LogP contribution in [0.25, 0.3) is 10.9 Å². The zero-order valence-electron chi connectivity index (χ0n) is 12.3. The van der Waals surface area contributed by atoms with Crippen LogP contribution in [0.2, 0.25) is 0 Å². The molecule has 21 heavy (non-hydrogen) atoms. The first-order valence-electron chi connectivity index (χ1n) is 7.39. The third-order valence-corrected chi connectivity index (χ3v) is 3.63. The van der Waals surface area contributed by atoms with Crippen LogP contribution in [0, 0.1) is 6.92 Å². The molecule has 3 aromatic rings. The second-order valence-electron chi connectivity index (χ2n) is 5.28. The molecule has 0 amide bonds. The van der Waals surface area contributed by atoms with Crippen LogP contribution in [0.5, 0.6) is 0 Å². The molecular formula is C17H20N4. The molecule has 4 nitrogen and oxygen atoms in total. The molecule has 2 aromatic heterocycles. The molecule has 0 aliphatic carbocycles. The van der Waals surface area contributed by atoms with Crippen LogP contribution in [0.15, 0.2) is 49.1 Å². The maximum Gasteiger partial charge on any atom is 0.126 e. The molecule has 4 heteroatoms. The molecular weight excluding hydrogens is 260 g/mol. The first-order chi connectivity index (χ1) is 10.3. The molecule has 0 saturated heterocycles. The average molecular weight is 280 g/mol. The highest BCUT2D eigenvalue weighted by Crippen LogP contribution is 2.19. The highest BCUT2D eigenvalue weighted by molar-refractivity contribution is 5.83. The van der Waals surface area contributed by atoms with Crippen LogP contribution in [-0.4, -0.2) is 21.1 Å². The minimum absolute atomic E-state index is 0.944. The summed E-state index contributed by atoms with van der Waals surface area (Å²) in [6, 6.07) is 10.4. The van der Waals surface area contributed by atoms with E-state index in [-0.39, 0.29) is 0 Å². The Labute approximate surface area is 124 Å². The number of para-hydroxylation sites is 1. The van der Waals surface area contributed by atoms with E-state index in [1.54, 1.807) is 0 Å². The van der Waals surface area contributed by atoms with Gasteiger partial charge in [0.25, 0.3) is 0 Å². The highest BCUT2D eigenvalue weighted by atomic mass is 15.0. The predicted molar refractivity (Wildman–Crippen MR) is 86.4 cm³/mol. The van der Waals surface area contributed by atoms with Crippen molar-refractivity contribution in [3.63, 3.8) is 0 Å². The number of imidazole rings is 1. The number of anilines is 1. The number of fused-ring (bicyclic) bond motifs is 1. The molecule has 0 saturated carbocycles. The molecule has 2 heterocycles. The number of pyridine rings is 1. The Morgan fingerprint density at radius 3 is 2.95 bits per heavy atom. The molecule has 0 bridgehead atoms. The minimum atomic E-state index is 0.944. The molecule has 0 spiro atoms. The summed E-state index contributed by atoms with van der Waals surface area (Å²) in [5.74, 6) is 0.967. The SMILES string of the molecule is Cc1cc(NCCCCn2ccnc2)nc2ccccc12. The quantitative estimate of drug-likeness (QED) is 0.701. The van der Waals surface area contributed by atoms with E-state index in [1.165, 1.54) is 10.9 Å². The lowest BCUT2D eigenvalue weighted by Crippen LogP contribution is -2.05. The van der Waals surface area contributed by atoms with Crippen molar-refractivity contribution in [1.82, 2.24) is 14.5 Å². The van der Waals surface area contributed by atoms with Gasteiger partial charge in [0.2, 0.25) is 0 Å². The minimum Gasteiger partial charge on any atom is -0.370 e. The van der Waals surface area contributed by atoms with E-state index in [1.807, 2.05) is 24.8 Å². The summed E-state index contributed by atoms with van der Waals surface area (Å²) in [5.41, 5.74) is 2.32. The summed E-state index contributed by atoms with van der Waals surface area (Å²) < 4.78 is 2.11. The van der Waals surface area contributed by atoms with Crippen LogP contribution in [0.4, 0.5) is 5.82 Å². The van der Waals surface area contributed by atoms with E-state index in [0.29, 0.717) is 0 Å². The Balaban J connectivity index is 1.53. The van der Waals surface area contributed by atoms with E-state index in [0.717, 1.165) is 37.3 Å². The number of hydrogen-bond acceptors (Lipinski definition) is 3. The van der Waals surface area contributed by atoms with Gasteiger partial charge in [0.05, 0.1) is 11.8 Å². The summed E-state index contributed by atoms with van der Waals surface area (Å²) in [4.78, 5) is 8.70. The van der Waals surface area contributed by atoms with Gasteiger partial charge in [-0.05, 0) is 37.5 Å². The normalized spacial score (nSPS) is 10.9. The van der Waals surface area contributed by atoms with Gasteiger partial charge in [0, 0.05) is 30.9 Å². The molecule has 0 aliphatic rings. The van der Waals surface area contributed by atoms with Crippen molar-refractivity contribution >= 4 is 16.7 Å². The summed E-state index contributed by atoms with van der Waals surface area (Å²) >= 11 is 0. The van der Waals surface area contributed by atoms with Gasteiger partial charge in [-0.3, -0.25) is 0 Å². The predicted octanol–water partition coefficient (Wildman–Crippen LogP) is 3.63. The topological polar surface area (TPSA) is 42.7 Å². The number of nitrogens with one attached hydrogen (secondary N) is 1. The number of rotatable bonds is 6.